The van der Waals surface area contributed by atoms with Crippen molar-refractivity contribution in [2.45, 2.75) is 63.8 Å². The van der Waals surface area contributed by atoms with Gasteiger partial charge in [0.15, 0.2) is 0 Å². The Morgan fingerprint density at radius 2 is 1.48 bits per heavy atom. The lowest BCUT2D eigenvalue weighted by Gasteiger charge is -2.34. The van der Waals surface area contributed by atoms with Crippen molar-refractivity contribution in [3.8, 4) is 0 Å². The van der Waals surface area contributed by atoms with Gasteiger partial charge in [-0.2, -0.15) is 13.2 Å². The van der Waals surface area contributed by atoms with Gasteiger partial charge in [0.05, 0.1) is 21.2 Å². The Balaban J connectivity index is 1.87. The molecule has 0 aliphatic rings. The number of hydrogen-bond acceptors (Lipinski definition) is 4. The molecule has 0 saturated carbocycles. The summed E-state index contributed by atoms with van der Waals surface area (Å²) in [5.41, 5.74) is 1.41. The van der Waals surface area contributed by atoms with Crippen LogP contribution in [0.5, 0.6) is 0 Å². The van der Waals surface area contributed by atoms with E-state index in [9.17, 15) is 31.2 Å². The van der Waals surface area contributed by atoms with Crippen LogP contribution in [0, 0.1) is 13.8 Å². The molecule has 0 spiro atoms. The number of anilines is 1. The standard InChI is InChI=1S/C36H37ClF3N3O4S/c1-24(2)41-35(45)33(20-27-10-6-5-7-11-27)42(22-28-12-8-9-26(4)19-28)34(44)23-43(48(46,47)30-16-13-25(3)14-17-30)29-15-18-32(37)31(21-29)36(38,39)40/h5-19,21,24,33H,20,22-23H2,1-4H3,(H,41,45)/t33-/m0/s1. The maximum atomic E-state index is 14.5. The maximum absolute atomic E-state index is 14.5. The molecule has 12 heteroatoms. The number of aryl methyl sites for hydroxylation is 2. The highest BCUT2D eigenvalue weighted by molar-refractivity contribution is 7.92. The molecule has 1 atom stereocenters. The molecule has 2 amide bonds. The zero-order valence-electron chi connectivity index (χ0n) is 27.0. The Hall–Kier alpha value is -4.35. The third-order valence-electron chi connectivity index (χ3n) is 7.57. The van der Waals surface area contributed by atoms with E-state index in [1.54, 1.807) is 57.2 Å². The molecular formula is C36H37ClF3N3O4S. The predicted molar refractivity (Wildman–Crippen MR) is 181 cm³/mol. The van der Waals surface area contributed by atoms with Crippen LogP contribution in [0.1, 0.15) is 41.7 Å². The van der Waals surface area contributed by atoms with Crippen LogP contribution in [0.4, 0.5) is 18.9 Å². The highest BCUT2D eigenvalue weighted by Crippen LogP contribution is 2.38. The molecule has 0 unspecified atom stereocenters. The summed E-state index contributed by atoms with van der Waals surface area (Å²) in [5.74, 6) is -1.26. The summed E-state index contributed by atoms with van der Waals surface area (Å²) in [7, 11) is -4.60. The van der Waals surface area contributed by atoms with Crippen molar-refractivity contribution >= 4 is 39.1 Å². The van der Waals surface area contributed by atoms with Gasteiger partial charge in [0.25, 0.3) is 10.0 Å². The average Bonchev–Trinajstić information content (AvgIpc) is 3.01. The van der Waals surface area contributed by atoms with Crippen LogP contribution >= 0.6 is 11.6 Å². The van der Waals surface area contributed by atoms with Crippen molar-refractivity contribution in [1.29, 1.82) is 0 Å². The Labute approximate surface area is 284 Å². The van der Waals surface area contributed by atoms with Crippen molar-refractivity contribution in [3.05, 3.63) is 130 Å². The largest absolute Gasteiger partial charge is 0.417 e. The molecule has 4 rings (SSSR count). The molecular weight excluding hydrogens is 663 g/mol. The van der Waals surface area contributed by atoms with Gasteiger partial charge in [-0.3, -0.25) is 13.9 Å². The van der Waals surface area contributed by atoms with Crippen LogP contribution in [0.3, 0.4) is 0 Å². The van der Waals surface area contributed by atoms with Crippen molar-refractivity contribution < 1.29 is 31.2 Å². The minimum atomic E-state index is -4.90. The average molecular weight is 700 g/mol. The molecule has 7 nitrogen and oxygen atoms in total. The number of sulfonamides is 1. The fourth-order valence-electron chi connectivity index (χ4n) is 5.19. The lowest BCUT2D eigenvalue weighted by atomic mass is 10.0. The van der Waals surface area contributed by atoms with E-state index in [2.05, 4.69) is 5.32 Å². The summed E-state index contributed by atoms with van der Waals surface area (Å²) in [6, 6.07) is 23.4. The minimum Gasteiger partial charge on any atom is -0.352 e. The minimum absolute atomic E-state index is 0.0730. The van der Waals surface area contributed by atoms with E-state index in [1.165, 1.54) is 17.0 Å². The lowest BCUT2D eigenvalue weighted by molar-refractivity contribution is -0.140. The number of halogens is 4. The second-order valence-corrected chi connectivity index (χ2v) is 14.1. The van der Waals surface area contributed by atoms with Gasteiger partial charge in [-0.05, 0) is 69.2 Å². The third kappa shape index (κ3) is 9.17. The molecule has 1 N–H and O–H groups in total. The van der Waals surface area contributed by atoms with E-state index in [-0.39, 0.29) is 23.9 Å². The molecule has 0 aliphatic carbocycles. The summed E-state index contributed by atoms with van der Waals surface area (Å²) in [6.07, 6.45) is -4.80. The van der Waals surface area contributed by atoms with E-state index in [4.69, 9.17) is 11.6 Å². The number of amides is 2. The molecule has 0 radical (unpaired) electrons. The van der Waals surface area contributed by atoms with Crippen molar-refractivity contribution in [3.63, 3.8) is 0 Å². The number of benzene rings is 4. The first-order chi connectivity index (χ1) is 22.6. The molecule has 0 saturated heterocycles. The van der Waals surface area contributed by atoms with E-state index < -0.39 is 56.9 Å². The van der Waals surface area contributed by atoms with Gasteiger partial charge < -0.3 is 10.2 Å². The monoisotopic (exact) mass is 699 g/mol. The number of rotatable bonds is 12. The first-order valence-corrected chi connectivity index (χ1v) is 17.0. The van der Waals surface area contributed by atoms with E-state index in [0.29, 0.717) is 15.9 Å². The predicted octanol–water partition coefficient (Wildman–Crippen LogP) is 7.34. The molecule has 4 aromatic rings. The summed E-state index contributed by atoms with van der Waals surface area (Å²) in [6.45, 7) is 6.21. The summed E-state index contributed by atoms with van der Waals surface area (Å²) < 4.78 is 70.8. The molecule has 0 aliphatic heterocycles. The third-order valence-corrected chi connectivity index (χ3v) is 9.69. The molecule has 0 fully saturated rings. The molecule has 0 aromatic heterocycles. The van der Waals surface area contributed by atoms with Gasteiger partial charge >= 0.3 is 6.18 Å². The fourth-order valence-corrected chi connectivity index (χ4v) is 6.82. The SMILES string of the molecule is Cc1ccc(S(=O)(=O)N(CC(=O)N(Cc2cccc(C)c2)[C@@H](Cc2ccccc2)C(=O)NC(C)C)c2ccc(Cl)c(C(F)(F)F)c2)cc1. The van der Waals surface area contributed by atoms with Gasteiger partial charge in [0.1, 0.15) is 12.6 Å². The van der Waals surface area contributed by atoms with Gasteiger partial charge in [0.2, 0.25) is 11.8 Å². The molecule has 0 heterocycles. The number of nitrogens with one attached hydrogen (secondary N) is 1. The lowest BCUT2D eigenvalue weighted by Crippen LogP contribution is -2.54. The maximum Gasteiger partial charge on any atom is 0.417 e. The normalized spacial score (nSPS) is 12.4. The Kier molecular flexibility index (Phi) is 11.6. The highest BCUT2D eigenvalue weighted by atomic mass is 35.5. The number of hydrogen-bond donors (Lipinski definition) is 1. The zero-order chi connectivity index (χ0) is 35.2. The molecule has 0 bridgehead atoms. The number of nitrogens with zero attached hydrogens (tertiary/aromatic N) is 2. The van der Waals surface area contributed by atoms with E-state index in [0.717, 1.165) is 28.8 Å². The first-order valence-electron chi connectivity index (χ1n) is 15.2. The Bertz CT molecular complexity index is 1850. The Morgan fingerprint density at radius 3 is 2.08 bits per heavy atom. The number of alkyl halides is 3. The van der Waals surface area contributed by atoms with Crippen molar-refractivity contribution in [1.82, 2.24) is 10.2 Å². The second kappa shape index (κ2) is 15.3. The molecule has 4 aromatic carbocycles. The zero-order valence-corrected chi connectivity index (χ0v) is 28.5. The smallest absolute Gasteiger partial charge is 0.352 e. The summed E-state index contributed by atoms with van der Waals surface area (Å²) in [5, 5.41) is 2.24. The highest BCUT2D eigenvalue weighted by Gasteiger charge is 2.37. The fraction of sp³-hybridized carbons (Fsp3) is 0.278. The van der Waals surface area contributed by atoms with Gasteiger partial charge in [-0.15, -0.1) is 0 Å². The van der Waals surface area contributed by atoms with E-state index in [1.807, 2.05) is 37.3 Å². The van der Waals surface area contributed by atoms with Gasteiger partial charge in [-0.25, -0.2) is 8.42 Å². The van der Waals surface area contributed by atoms with Gasteiger partial charge in [-0.1, -0.05) is 89.5 Å². The second-order valence-electron chi connectivity index (χ2n) is 11.9. The summed E-state index contributed by atoms with van der Waals surface area (Å²) >= 11 is 5.88. The van der Waals surface area contributed by atoms with Crippen LogP contribution in [0.2, 0.25) is 5.02 Å². The molecule has 254 valence electrons. The van der Waals surface area contributed by atoms with Crippen molar-refractivity contribution in [2.24, 2.45) is 0 Å². The summed E-state index contributed by atoms with van der Waals surface area (Å²) in [4.78, 5) is 29.4. The van der Waals surface area contributed by atoms with Crippen molar-refractivity contribution in [2.75, 3.05) is 10.8 Å². The van der Waals surface area contributed by atoms with Crippen LogP contribution in [0.15, 0.2) is 102 Å². The Morgan fingerprint density at radius 1 is 0.833 bits per heavy atom. The quantitative estimate of drug-likeness (QED) is 0.168. The number of carbonyl (C=O) groups is 2. The van der Waals surface area contributed by atoms with Crippen LogP contribution in [0.25, 0.3) is 0 Å². The molecule has 48 heavy (non-hydrogen) atoms. The van der Waals surface area contributed by atoms with Crippen LogP contribution < -0.4 is 9.62 Å². The van der Waals surface area contributed by atoms with Gasteiger partial charge in [0, 0.05) is 19.0 Å². The number of carbonyl (C=O) groups excluding carboxylic acids is 2. The van der Waals surface area contributed by atoms with Crippen LogP contribution in [-0.2, 0) is 38.8 Å². The topological polar surface area (TPSA) is 86.8 Å². The first kappa shape index (κ1) is 36.5. The van der Waals surface area contributed by atoms with Crippen LogP contribution in [-0.4, -0.2) is 43.8 Å². The van der Waals surface area contributed by atoms with E-state index >= 15 is 0 Å².